The smallest absolute Gasteiger partial charge is 0.0957 e. The summed E-state index contributed by atoms with van der Waals surface area (Å²) in [6.07, 6.45) is 3.07. The number of rotatable bonds is 1. The van der Waals surface area contributed by atoms with Gasteiger partial charge < -0.3 is 0 Å². The van der Waals surface area contributed by atoms with Crippen molar-refractivity contribution in [3.05, 3.63) is 11.6 Å². The number of nitrogens with zero attached hydrogens (tertiary/aromatic N) is 2. The molecule has 10 heavy (non-hydrogen) atoms. The molecule has 1 aliphatic rings. The van der Waals surface area contributed by atoms with E-state index in [2.05, 4.69) is 17.9 Å². The van der Waals surface area contributed by atoms with Crippen LogP contribution in [0.15, 0.2) is 11.6 Å². The van der Waals surface area contributed by atoms with Gasteiger partial charge in [0.1, 0.15) is 0 Å². The molecule has 54 valence electrons. The first kappa shape index (κ1) is 7.30. The molecule has 2 heteroatoms. The zero-order valence-electron chi connectivity index (χ0n) is 6.30. The second-order valence-electron chi connectivity index (χ2n) is 2.50. The summed E-state index contributed by atoms with van der Waals surface area (Å²) in [5.74, 6) is 0. The van der Waals surface area contributed by atoms with Crippen molar-refractivity contribution in [3.63, 3.8) is 0 Å². The lowest BCUT2D eigenvalue weighted by Crippen LogP contribution is -2.29. The van der Waals surface area contributed by atoms with E-state index in [-0.39, 0.29) is 0 Å². The average Bonchev–Trinajstić information content (AvgIpc) is 2.05. The largest absolute Gasteiger partial charge is 0.298 e. The summed E-state index contributed by atoms with van der Waals surface area (Å²) in [4.78, 5) is 2.28. The van der Waals surface area contributed by atoms with Crippen LogP contribution in [0.3, 0.4) is 0 Å². The topological polar surface area (TPSA) is 27.0 Å². The van der Waals surface area contributed by atoms with Gasteiger partial charge in [-0.05, 0) is 13.0 Å². The third kappa shape index (κ3) is 1.58. The first-order valence-electron chi connectivity index (χ1n) is 3.68. The van der Waals surface area contributed by atoms with Gasteiger partial charge in [-0.25, -0.2) is 0 Å². The van der Waals surface area contributed by atoms with Crippen LogP contribution in [0, 0.1) is 11.3 Å². The highest BCUT2D eigenvalue weighted by Crippen LogP contribution is 2.07. The Hall–Kier alpha value is -0.810. The first-order valence-corrected chi connectivity index (χ1v) is 3.68. The molecule has 1 aliphatic heterocycles. The highest BCUT2D eigenvalue weighted by atomic mass is 15.1. The van der Waals surface area contributed by atoms with Gasteiger partial charge in [0.25, 0.3) is 0 Å². The summed E-state index contributed by atoms with van der Waals surface area (Å²) in [7, 11) is 0. The molecule has 0 unspecified atom stereocenters. The molecule has 0 aromatic carbocycles. The van der Waals surface area contributed by atoms with E-state index < -0.39 is 0 Å². The fraction of sp³-hybridized carbons (Fsp3) is 0.625. The zero-order chi connectivity index (χ0) is 7.40. The van der Waals surface area contributed by atoms with E-state index in [1.54, 1.807) is 0 Å². The summed E-state index contributed by atoms with van der Waals surface area (Å²) in [5, 5.41) is 8.56. The van der Waals surface area contributed by atoms with Crippen molar-refractivity contribution >= 4 is 0 Å². The maximum absolute atomic E-state index is 8.56. The van der Waals surface area contributed by atoms with Crippen LogP contribution >= 0.6 is 0 Å². The van der Waals surface area contributed by atoms with Crippen LogP contribution in [0.5, 0.6) is 0 Å². The average molecular weight is 136 g/mol. The van der Waals surface area contributed by atoms with Crippen molar-refractivity contribution in [2.24, 2.45) is 0 Å². The Labute approximate surface area is 61.8 Å². The van der Waals surface area contributed by atoms with Crippen LogP contribution < -0.4 is 0 Å². The van der Waals surface area contributed by atoms with Crippen molar-refractivity contribution < 1.29 is 0 Å². The van der Waals surface area contributed by atoms with Crippen molar-refractivity contribution in [2.75, 3.05) is 19.6 Å². The monoisotopic (exact) mass is 136 g/mol. The molecule has 1 heterocycles. The second kappa shape index (κ2) is 3.38. The molecule has 0 saturated carbocycles. The minimum absolute atomic E-state index is 0.854. The number of likely N-dealkylation sites (N-methyl/N-ethyl adjacent to an activating group) is 1. The van der Waals surface area contributed by atoms with Crippen molar-refractivity contribution in [3.8, 4) is 6.07 Å². The lowest BCUT2D eigenvalue weighted by Gasteiger charge is -2.22. The van der Waals surface area contributed by atoms with Gasteiger partial charge in [0, 0.05) is 18.7 Å². The molecule has 0 radical (unpaired) electrons. The molecule has 0 aromatic heterocycles. The van der Waals surface area contributed by atoms with E-state index in [0.29, 0.717) is 0 Å². The normalized spacial score (nSPS) is 19.8. The lowest BCUT2D eigenvalue weighted by molar-refractivity contribution is 0.310. The molecule has 0 aliphatic carbocycles. The van der Waals surface area contributed by atoms with Gasteiger partial charge in [0.2, 0.25) is 0 Å². The van der Waals surface area contributed by atoms with E-state index in [1.165, 1.54) is 0 Å². The minimum atomic E-state index is 0.854. The van der Waals surface area contributed by atoms with Crippen molar-refractivity contribution in [1.82, 2.24) is 4.90 Å². The lowest BCUT2D eigenvalue weighted by atomic mass is 10.1. The Kier molecular flexibility index (Phi) is 2.47. The Morgan fingerprint density at radius 3 is 3.20 bits per heavy atom. The van der Waals surface area contributed by atoms with Crippen LogP contribution in [0.2, 0.25) is 0 Å². The van der Waals surface area contributed by atoms with Crippen molar-refractivity contribution in [2.45, 2.75) is 13.3 Å². The quantitative estimate of drug-likeness (QED) is 0.541. The molecule has 0 atom stereocenters. The first-order chi connectivity index (χ1) is 4.86. The summed E-state index contributed by atoms with van der Waals surface area (Å²) in [5.41, 5.74) is 0.924. The second-order valence-corrected chi connectivity index (χ2v) is 2.50. The van der Waals surface area contributed by atoms with E-state index in [0.717, 1.165) is 31.6 Å². The van der Waals surface area contributed by atoms with Crippen LogP contribution in [-0.2, 0) is 0 Å². The number of hydrogen-bond donors (Lipinski definition) is 0. The van der Waals surface area contributed by atoms with E-state index in [9.17, 15) is 0 Å². The predicted molar refractivity (Wildman–Crippen MR) is 40.4 cm³/mol. The van der Waals surface area contributed by atoms with Crippen LogP contribution in [0.4, 0.5) is 0 Å². The molecular formula is C8H12N2. The highest BCUT2D eigenvalue weighted by Gasteiger charge is 2.08. The molecule has 2 nitrogen and oxygen atoms in total. The van der Waals surface area contributed by atoms with E-state index in [4.69, 9.17) is 5.26 Å². The molecule has 0 fully saturated rings. The Morgan fingerprint density at radius 1 is 1.80 bits per heavy atom. The molecular weight excluding hydrogens is 124 g/mol. The van der Waals surface area contributed by atoms with Crippen LogP contribution in [-0.4, -0.2) is 24.5 Å². The molecule has 0 spiro atoms. The maximum atomic E-state index is 8.56. The molecule has 0 N–H and O–H groups in total. The van der Waals surface area contributed by atoms with E-state index >= 15 is 0 Å². The Morgan fingerprint density at radius 2 is 2.60 bits per heavy atom. The SMILES string of the molecule is CCN1CCC=C(C#N)C1. The molecule has 0 bridgehead atoms. The fourth-order valence-electron chi connectivity index (χ4n) is 1.16. The maximum Gasteiger partial charge on any atom is 0.0957 e. The van der Waals surface area contributed by atoms with Gasteiger partial charge in [-0.1, -0.05) is 13.0 Å². The predicted octanol–water partition coefficient (Wildman–Crippen LogP) is 1.16. The number of nitriles is 1. The minimum Gasteiger partial charge on any atom is -0.298 e. The molecule has 1 rings (SSSR count). The van der Waals surface area contributed by atoms with Gasteiger partial charge >= 0.3 is 0 Å². The van der Waals surface area contributed by atoms with Gasteiger partial charge in [0.15, 0.2) is 0 Å². The van der Waals surface area contributed by atoms with E-state index in [1.807, 2.05) is 6.08 Å². The highest BCUT2D eigenvalue weighted by molar-refractivity contribution is 5.23. The van der Waals surface area contributed by atoms with Gasteiger partial charge in [-0.15, -0.1) is 0 Å². The standard InChI is InChI=1S/C8H12N2/c1-2-10-5-3-4-8(6-9)7-10/h4H,2-3,5,7H2,1H3. The summed E-state index contributed by atoms with van der Waals surface area (Å²) < 4.78 is 0. The third-order valence-corrected chi connectivity index (χ3v) is 1.82. The van der Waals surface area contributed by atoms with Crippen LogP contribution in [0.1, 0.15) is 13.3 Å². The molecule has 0 aromatic rings. The van der Waals surface area contributed by atoms with Gasteiger partial charge in [-0.3, -0.25) is 4.90 Å². The van der Waals surface area contributed by atoms with Gasteiger partial charge in [0.05, 0.1) is 6.07 Å². The molecule has 0 saturated heterocycles. The third-order valence-electron chi connectivity index (χ3n) is 1.82. The summed E-state index contributed by atoms with van der Waals surface area (Å²) >= 11 is 0. The summed E-state index contributed by atoms with van der Waals surface area (Å²) in [6.45, 7) is 5.15. The fourth-order valence-corrected chi connectivity index (χ4v) is 1.16. The zero-order valence-corrected chi connectivity index (χ0v) is 6.30. The van der Waals surface area contributed by atoms with Gasteiger partial charge in [-0.2, -0.15) is 5.26 Å². The summed E-state index contributed by atoms with van der Waals surface area (Å²) in [6, 6.07) is 2.19. The Balaban J connectivity index is 2.50. The molecule has 0 amide bonds. The van der Waals surface area contributed by atoms with Crippen molar-refractivity contribution in [1.29, 1.82) is 5.26 Å². The number of hydrogen-bond acceptors (Lipinski definition) is 2. The van der Waals surface area contributed by atoms with Crippen LogP contribution in [0.25, 0.3) is 0 Å². The Bertz CT molecular complexity index is 176.